The van der Waals surface area contributed by atoms with Crippen molar-refractivity contribution in [3.8, 4) is 0 Å². The lowest BCUT2D eigenvalue weighted by Gasteiger charge is -2.43. The molecule has 6 rings (SSSR count). The molecule has 4 saturated heterocycles. The highest BCUT2D eigenvalue weighted by Crippen LogP contribution is 2.32. The topological polar surface area (TPSA) is 264 Å². The molecule has 18 heteroatoms. The molecule has 55 heavy (non-hydrogen) atoms. The van der Waals surface area contributed by atoms with Gasteiger partial charge in [0.05, 0.1) is 19.8 Å². The molecule has 4 fully saturated rings. The number of aliphatic hydroxyl groups is 10. The minimum atomic E-state index is -1.80. The third-order valence-corrected chi connectivity index (χ3v) is 10.7. The minimum absolute atomic E-state index is 0.107. The fourth-order valence-corrected chi connectivity index (χ4v) is 7.43. The highest BCUT2D eigenvalue weighted by atomic mass is 16.7. The summed E-state index contributed by atoms with van der Waals surface area (Å²) in [6.45, 7) is 0.138. The van der Waals surface area contributed by atoms with E-state index in [0.717, 1.165) is 37.3 Å². The van der Waals surface area contributed by atoms with E-state index in [1.165, 1.54) is 0 Å². The molecule has 0 unspecified atom stereocenters. The monoisotopic (exact) mass is 782 g/mol. The highest BCUT2D eigenvalue weighted by Gasteiger charge is 2.49. The van der Waals surface area contributed by atoms with E-state index < -0.39 is 112 Å². The summed E-state index contributed by atoms with van der Waals surface area (Å²) in [5.74, 6) is 0. The molecule has 4 aliphatic rings. The van der Waals surface area contributed by atoms with Crippen molar-refractivity contribution in [2.75, 3.05) is 49.3 Å². The van der Waals surface area contributed by atoms with Gasteiger partial charge in [-0.05, 0) is 43.5 Å². The maximum Gasteiger partial charge on any atom is 0.186 e. The first-order chi connectivity index (χ1) is 26.5. The van der Waals surface area contributed by atoms with Crippen molar-refractivity contribution in [2.45, 2.75) is 118 Å². The Morgan fingerprint density at radius 2 is 0.891 bits per heavy atom. The molecule has 0 amide bonds. The second kappa shape index (κ2) is 19.2. The Hall–Kier alpha value is -2.60. The average molecular weight is 783 g/mol. The number of hydrogen-bond donors (Lipinski definition) is 10. The van der Waals surface area contributed by atoms with Gasteiger partial charge in [-0.3, -0.25) is 0 Å². The molecular weight excluding hydrogens is 728 g/mol. The quantitative estimate of drug-likeness (QED) is 0.0806. The van der Waals surface area contributed by atoms with Crippen LogP contribution < -0.4 is 9.80 Å². The maximum atomic E-state index is 10.7. The second-order valence-electron chi connectivity index (χ2n) is 14.3. The summed E-state index contributed by atoms with van der Waals surface area (Å²) in [6.07, 6.45) is -21.3. The van der Waals surface area contributed by atoms with Crippen LogP contribution >= 0.6 is 0 Å². The molecule has 0 radical (unpaired) electrons. The van der Waals surface area contributed by atoms with Crippen LogP contribution in [0.2, 0.25) is 0 Å². The van der Waals surface area contributed by atoms with Crippen LogP contribution in [-0.2, 0) is 28.4 Å². The van der Waals surface area contributed by atoms with Gasteiger partial charge < -0.3 is 89.3 Å². The van der Waals surface area contributed by atoms with Gasteiger partial charge in [0.2, 0.25) is 0 Å². The summed E-state index contributed by atoms with van der Waals surface area (Å²) in [5.41, 5.74) is 2.27. The van der Waals surface area contributed by atoms with Gasteiger partial charge in [-0.15, -0.1) is 0 Å². The summed E-state index contributed by atoms with van der Waals surface area (Å²) < 4.78 is 33.6. The van der Waals surface area contributed by atoms with Crippen LogP contribution in [0.4, 0.5) is 11.4 Å². The number of ether oxygens (including phenoxy) is 6. The number of hydrogen-bond acceptors (Lipinski definition) is 18. The summed E-state index contributed by atoms with van der Waals surface area (Å²) in [7, 11) is 0. The lowest BCUT2D eigenvalue weighted by molar-refractivity contribution is -0.342. The average Bonchev–Trinajstić information content (AvgIpc) is 3.63. The van der Waals surface area contributed by atoms with Gasteiger partial charge in [0, 0.05) is 31.1 Å². The summed E-state index contributed by atoms with van der Waals surface area (Å²) in [5, 5.41) is 103. The van der Waals surface area contributed by atoms with Gasteiger partial charge in [0.1, 0.15) is 79.4 Å². The van der Waals surface area contributed by atoms with Crippen molar-refractivity contribution in [1.29, 1.82) is 0 Å². The van der Waals surface area contributed by atoms with E-state index in [9.17, 15) is 51.1 Å². The first kappa shape index (κ1) is 42.0. The van der Waals surface area contributed by atoms with Gasteiger partial charge in [-0.2, -0.15) is 0 Å². The molecule has 308 valence electrons. The molecule has 10 N–H and O–H groups in total. The van der Waals surface area contributed by atoms with Crippen LogP contribution in [-0.4, -0.2) is 189 Å². The number of benzene rings is 2. The third kappa shape index (κ3) is 9.58. The van der Waals surface area contributed by atoms with Crippen LogP contribution in [0.5, 0.6) is 0 Å². The zero-order valence-electron chi connectivity index (χ0n) is 30.2. The van der Waals surface area contributed by atoms with E-state index in [2.05, 4.69) is 34.1 Å². The van der Waals surface area contributed by atoms with E-state index in [1.54, 1.807) is 0 Å². The van der Waals surface area contributed by atoms with E-state index in [-0.39, 0.29) is 12.8 Å². The minimum Gasteiger partial charge on any atom is -0.394 e. The van der Waals surface area contributed by atoms with Crippen molar-refractivity contribution in [3.05, 3.63) is 60.7 Å². The van der Waals surface area contributed by atoms with Crippen molar-refractivity contribution in [3.63, 3.8) is 0 Å². The summed E-state index contributed by atoms with van der Waals surface area (Å²) in [6, 6.07) is 20.4. The van der Waals surface area contributed by atoms with E-state index in [4.69, 9.17) is 28.4 Å². The predicted octanol–water partition coefficient (Wildman–Crippen LogP) is -3.03. The molecule has 0 aliphatic carbocycles. The van der Waals surface area contributed by atoms with Crippen molar-refractivity contribution < 1.29 is 79.5 Å². The fraction of sp³-hybridized carbons (Fsp3) is 0.676. The molecule has 18 nitrogen and oxygen atoms in total. The normalized spacial score (nSPS) is 38.8. The number of unbranched alkanes of at least 4 members (excludes halogenated alkanes) is 1. The van der Waals surface area contributed by atoms with Crippen LogP contribution in [0, 0.1) is 0 Å². The van der Waals surface area contributed by atoms with E-state index in [1.807, 2.05) is 36.4 Å². The number of para-hydroxylation sites is 2. The molecule has 0 bridgehead atoms. The number of anilines is 2. The van der Waals surface area contributed by atoms with Crippen molar-refractivity contribution in [1.82, 2.24) is 0 Å². The van der Waals surface area contributed by atoms with Crippen molar-refractivity contribution >= 4 is 11.4 Å². The Morgan fingerprint density at radius 3 is 1.33 bits per heavy atom. The molecule has 2 aromatic carbocycles. The third-order valence-electron chi connectivity index (χ3n) is 10.7. The molecule has 4 aliphatic heterocycles. The first-order valence-corrected chi connectivity index (χ1v) is 18.7. The zero-order valence-corrected chi connectivity index (χ0v) is 30.2. The Bertz CT molecular complexity index is 1390. The highest BCUT2D eigenvalue weighted by molar-refractivity contribution is 5.56. The summed E-state index contributed by atoms with van der Waals surface area (Å²) >= 11 is 0. The number of aliphatic hydroxyl groups excluding tert-OH is 10. The number of nitrogens with zero attached hydrogens (tertiary/aromatic N) is 2. The van der Waals surface area contributed by atoms with Crippen LogP contribution in [0.15, 0.2) is 60.7 Å². The van der Waals surface area contributed by atoms with Gasteiger partial charge in [0.15, 0.2) is 18.9 Å². The Balaban J connectivity index is 0.993. The molecule has 4 heterocycles. The molecule has 0 aromatic heterocycles. The lowest BCUT2D eigenvalue weighted by atomic mass is 9.98. The van der Waals surface area contributed by atoms with E-state index in [0.29, 0.717) is 6.42 Å². The fourth-order valence-electron chi connectivity index (χ4n) is 7.43. The van der Waals surface area contributed by atoms with Gasteiger partial charge in [0.25, 0.3) is 0 Å². The molecule has 15 atom stereocenters. The van der Waals surface area contributed by atoms with E-state index >= 15 is 0 Å². The largest absolute Gasteiger partial charge is 0.394 e. The van der Waals surface area contributed by atoms with Gasteiger partial charge in [-0.1, -0.05) is 36.4 Å². The van der Waals surface area contributed by atoms with Gasteiger partial charge in [-0.25, -0.2) is 0 Å². The molecule has 2 aromatic rings. The Labute approximate surface area is 318 Å². The number of rotatable bonds is 15. The smallest absolute Gasteiger partial charge is 0.186 e. The lowest BCUT2D eigenvalue weighted by Crippen LogP contribution is -2.62. The Morgan fingerprint density at radius 1 is 0.491 bits per heavy atom. The standard InChI is InChI=1S/C37H54N2O16/c40-17-22-26(41)29(44)33(48)36(53-22)51-19-24-28(43)31(46)34(49)37(55-24)52-18-23-27(42)30(45)32(47)35(54-23)50-16-8-7-13-25-38(20-9-3-1-4-10-20)14-15-39(25)21-11-5-2-6-12-21/h1-6,9-12,22-37,40-49H,7-8,13-19H2/t22-,23-,24-,26-,27-,28-,29+,30+,31+,32-,33-,34-,35-,36-,37-/m1/s1. The SMILES string of the molecule is OC[C@H]1O[C@@H](OC[C@H]2O[C@@H](OC[C@H]3O[C@@H](OCCCCC4N(c5ccccc5)CCN4c4ccccc4)[C@H](O)[C@@H](O)[C@@H]3O)[C@H](O)[C@@H](O)[C@@H]2O)[C@H](O)[C@@H](O)[C@@H]1O. The van der Waals surface area contributed by atoms with Crippen LogP contribution in [0.3, 0.4) is 0 Å². The first-order valence-electron chi connectivity index (χ1n) is 18.7. The van der Waals surface area contributed by atoms with Gasteiger partial charge >= 0.3 is 0 Å². The molecular formula is C37H54N2O16. The molecule has 0 saturated carbocycles. The zero-order chi connectivity index (χ0) is 39.2. The molecule has 0 spiro atoms. The second-order valence-corrected chi connectivity index (χ2v) is 14.3. The van der Waals surface area contributed by atoms with Crippen LogP contribution in [0.25, 0.3) is 0 Å². The van der Waals surface area contributed by atoms with Crippen molar-refractivity contribution in [2.24, 2.45) is 0 Å². The van der Waals surface area contributed by atoms with Crippen LogP contribution in [0.1, 0.15) is 19.3 Å². The summed E-state index contributed by atoms with van der Waals surface area (Å²) in [4.78, 5) is 4.76. The predicted molar refractivity (Wildman–Crippen MR) is 190 cm³/mol. The maximum absolute atomic E-state index is 10.7. The Kier molecular flexibility index (Phi) is 14.7.